The van der Waals surface area contributed by atoms with E-state index in [9.17, 15) is 13.6 Å². The van der Waals surface area contributed by atoms with Gasteiger partial charge < -0.3 is 0 Å². The number of rotatable bonds is 2. The number of nitrogens with zero attached hydrogens (tertiary/aromatic N) is 2. The molecule has 0 unspecified atom stereocenters. The third-order valence-corrected chi connectivity index (χ3v) is 1.98. The average Bonchev–Trinajstić information content (AvgIpc) is 2.16. The molecule has 0 N–H and O–H groups in total. The molecule has 0 aliphatic carbocycles. The van der Waals surface area contributed by atoms with E-state index in [0.29, 0.717) is 0 Å². The van der Waals surface area contributed by atoms with Gasteiger partial charge in [-0.3, -0.25) is 4.79 Å². The Morgan fingerprint density at radius 3 is 2.67 bits per heavy atom. The molecule has 78 valence electrons. The highest BCUT2D eigenvalue weighted by Crippen LogP contribution is 2.23. The molecule has 0 aromatic carbocycles. The first-order valence-electron chi connectivity index (χ1n) is 3.87. The molecule has 0 radical (unpaired) electrons. The van der Waals surface area contributed by atoms with E-state index in [-0.39, 0.29) is 16.8 Å². The second kappa shape index (κ2) is 4.32. The Kier molecular flexibility index (Phi) is 3.32. The second-order valence-corrected chi connectivity index (χ2v) is 3.12. The Morgan fingerprint density at radius 2 is 2.27 bits per heavy atom. The Bertz CT molecular complexity index is 454. The van der Waals surface area contributed by atoms with Gasteiger partial charge in [-0.1, -0.05) is 0 Å². The van der Waals surface area contributed by atoms with Crippen LogP contribution in [0.3, 0.4) is 0 Å². The third kappa shape index (κ3) is 2.28. The molecular weight excluding hydrogens is 226 g/mol. The zero-order valence-electron chi connectivity index (χ0n) is 7.59. The molecular formula is C9H5ClF2N2O. The number of carbonyl (C=O) groups excluding carboxylic acids is 1. The zero-order chi connectivity index (χ0) is 11.6. The molecule has 0 amide bonds. The van der Waals surface area contributed by atoms with Gasteiger partial charge in [0.1, 0.15) is 11.8 Å². The third-order valence-electron chi connectivity index (χ3n) is 1.78. The largest absolute Gasteiger partial charge is 0.280 e. The number of halogens is 3. The minimum Gasteiger partial charge on any atom is -0.275 e. The molecule has 3 nitrogen and oxygen atoms in total. The predicted molar refractivity (Wildman–Crippen MR) is 48.8 cm³/mol. The van der Waals surface area contributed by atoms with E-state index in [4.69, 9.17) is 16.9 Å². The van der Waals surface area contributed by atoms with Crippen LogP contribution in [0.4, 0.5) is 8.78 Å². The number of nitriles is 1. The van der Waals surface area contributed by atoms with Gasteiger partial charge in [0.15, 0.2) is 5.69 Å². The standard InChI is InChI=1S/C9H5ClF2N2O/c1-4-2-5(8(10)15)6(3-13)14-7(4)9(11)12/h2,9H,1H3. The fourth-order valence-corrected chi connectivity index (χ4v) is 1.23. The summed E-state index contributed by atoms with van der Waals surface area (Å²) in [6.07, 6.45) is -2.78. The average molecular weight is 231 g/mol. The van der Waals surface area contributed by atoms with Crippen molar-refractivity contribution in [1.29, 1.82) is 5.26 Å². The summed E-state index contributed by atoms with van der Waals surface area (Å²) in [5.74, 6) is 0. The van der Waals surface area contributed by atoms with Crippen LogP contribution in [0.25, 0.3) is 0 Å². The summed E-state index contributed by atoms with van der Waals surface area (Å²) in [6.45, 7) is 1.37. The topological polar surface area (TPSA) is 53.8 Å². The molecule has 0 bridgehead atoms. The molecule has 0 atom stereocenters. The summed E-state index contributed by atoms with van der Waals surface area (Å²) >= 11 is 5.17. The van der Waals surface area contributed by atoms with Crippen LogP contribution in [0, 0.1) is 18.3 Å². The quantitative estimate of drug-likeness (QED) is 0.734. The Labute approximate surface area is 89.3 Å². The Morgan fingerprint density at radius 1 is 1.67 bits per heavy atom. The van der Waals surface area contributed by atoms with Crippen molar-refractivity contribution in [2.24, 2.45) is 0 Å². The van der Waals surface area contributed by atoms with Crippen molar-refractivity contribution in [1.82, 2.24) is 4.98 Å². The summed E-state index contributed by atoms with van der Waals surface area (Å²) in [6, 6.07) is 2.69. The van der Waals surface area contributed by atoms with Crippen LogP contribution < -0.4 is 0 Å². The first-order chi connectivity index (χ1) is 6.97. The first kappa shape index (κ1) is 11.5. The summed E-state index contributed by atoms with van der Waals surface area (Å²) in [7, 11) is 0. The fourth-order valence-electron chi connectivity index (χ4n) is 1.08. The molecule has 0 saturated heterocycles. The molecule has 6 heteroatoms. The van der Waals surface area contributed by atoms with Gasteiger partial charge in [-0.25, -0.2) is 13.8 Å². The lowest BCUT2D eigenvalue weighted by Crippen LogP contribution is -2.04. The molecule has 0 saturated carbocycles. The summed E-state index contributed by atoms with van der Waals surface area (Å²) < 4.78 is 24.8. The summed E-state index contributed by atoms with van der Waals surface area (Å²) in [5, 5.41) is 7.71. The van der Waals surface area contributed by atoms with E-state index in [1.807, 2.05) is 0 Å². The molecule has 15 heavy (non-hydrogen) atoms. The molecule has 1 heterocycles. The van der Waals surface area contributed by atoms with Crippen molar-refractivity contribution in [2.75, 3.05) is 0 Å². The Balaban J connectivity index is 3.44. The molecule has 0 fully saturated rings. The van der Waals surface area contributed by atoms with Crippen molar-refractivity contribution in [3.63, 3.8) is 0 Å². The van der Waals surface area contributed by atoms with Crippen molar-refractivity contribution >= 4 is 16.8 Å². The lowest BCUT2D eigenvalue weighted by atomic mass is 10.1. The van der Waals surface area contributed by atoms with E-state index in [1.54, 1.807) is 6.07 Å². The van der Waals surface area contributed by atoms with E-state index in [1.165, 1.54) is 6.92 Å². The second-order valence-electron chi connectivity index (χ2n) is 2.77. The first-order valence-corrected chi connectivity index (χ1v) is 4.24. The van der Waals surface area contributed by atoms with Gasteiger partial charge >= 0.3 is 0 Å². The molecule has 1 aromatic heterocycles. The highest BCUT2D eigenvalue weighted by Gasteiger charge is 2.18. The maximum absolute atomic E-state index is 12.4. The molecule has 0 aliphatic heterocycles. The number of hydrogen-bond acceptors (Lipinski definition) is 3. The van der Waals surface area contributed by atoms with Gasteiger partial charge in [0.2, 0.25) is 0 Å². The lowest BCUT2D eigenvalue weighted by Gasteiger charge is -2.06. The summed E-state index contributed by atoms with van der Waals surface area (Å²) in [5.41, 5.74) is -0.904. The van der Waals surface area contributed by atoms with Crippen LogP contribution in [-0.4, -0.2) is 10.2 Å². The van der Waals surface area contributed by atoms with Crippen LogP contribution in [0.2, 0.25) is 0 Å². The monoisotopic (exact) mass is 230 g/mol. The molecule has 1 rings (SSSR count). The van der Waals surface area contributed by atoms with Crippen molar-refractivity contribution in [3.8, 4) is 6.07 Å². The molecule has 1 aromatic rings. The predicted octanol–water partition coefficient (Wildman–Crippen LogP) is 2.58. The molecule has 0 spiro atoms. The summed E-state index contributed by atoms with van der Waals surface area (Å²) in [4.78, 5) is 14.2. The van der Waals surface area contributed by atoms with Gasteiger partial charge in [0.05, 0.1) is 5.56 Å². The smallest absolute Gasteiger partial charge is 0.275 e. The van der Waals surface area contributed by atoms with Gasteiger partial charge in [-0.2, -0.15) is 5.26 Å². The van der Waals surface area contributed by atoms with E-state index in [2.05, 4.69) is 4.98 Å². The number of aromatic nitrogens is 1. The maximum atomic E-state index is 12.4. The van der Waals surface area contributed by atoms with Crippen molar-refractivity contribution < 1.29 is 13.6 Å². The highest BCUT2D eigenvalue weighted by molar-refractivity contribution is 6.68. The minimum atomic E-state index is -2.78. The van der Waals surface area contributed by atoms with Crippen LogP contribution in [0.15, 0.2) is 6.07 Å². The van der Waals surface area contributed by atoms with Gasteiger partial charge in [0, 0.05) is 0 Å². The van der Waals surface area contributed by atoms with Crippen LogP contribution in [0.1, 0.15) is 33.7 Å². The van der Waals surface area contributed by atoms with Gasteiger partial charge in [-0.15, -0.1) is 0 Å². The minimum absolute atomic E-state index is 0.132. The van der Waals surface area contributed by atoms with E-state index in [0.717, 1.165) is 6.07 Å². The Hall–Kier alpha value is -1.54. The SMILES string of the molecule is Cc1cc(C(=O)Cl)c(C#N)nc1C(F)F. The van der Waals surface area contributed by atoms with Gasteiger partial charge in [0.25, 0.3) is 11.7 Å². The van der Waals surface area contributed by atoms with E-state index < -0.39 is 17.4 Å². The maximum Gasteiger partial charge on any atom is 0.280 e. The lowest BCUT2D eigenvalue weighted by molar-refractivity contribution is 0.107. The zero-order valence-corrected chi connectivity index (χ0v) is 8.35. The fraction of sp³-hybridized carbons (Fsp3) is 0.222. The van der Waals surface area contributed by atoms with Crippen molar-refractivity contribution in [3.05, 3.63) is 28.6 Å². The number of hydrogen-bond donors (Lipinski definition) is 0. The van der Waals surface area contributed by atoms with Gasteiger partial charge in [-0.05, 0) is 30.2 Å². The number of carbonyl (C=O) groups is 1. The van der Waals surface area contributed by atoms with Crippen molar-refractivity contribution in [2.45, 2.75) is 13.3 Å². The number of pyridine rings is 1. The highest BCUT2D eigenvalue weighted by atomic mass is 35.5. The molecule has 0 aliphatic rings. The van der Waals surface area contributed by atoms with Crippen LogP contribution >= 0.6 is 11.6 Å². The van der Waals surface area contributed by atoms with Crippen LogP contribution in [-0.2, 0) is 0 Å². The van der Waals surface area contributed by atoms with E-state index >= 15 is 0 Å². The van der Waals surface area contributed by atoms with Crippen LogP contribution in [0.5, 0.6) is 0 Å². The normalized spacial score (nSPS) is 10.1. The number of aryl methyl sites for hydroxylation is 1. The number of alkyl halides is 2.